The topological polar surface area (TPSA) is 52.3 Å². The highest BCUT2D eigenvalue weighted by Gasteiger charge is 2.31. The quantitative estimate of drug-likeness (QED) is 0.882. The predicted octanol–water partition coefficient (Wildman–Crippen LogP) is 3.49. The number of carbonyl (C=O) groups excluding carboxylic acids is 1. The third kappa shape index (κ3) is 3.71. The third-order valence-electron chi connectivity index (χ3n) is 2.63. The summed E-state index contributed by atoms with van der Waals surface area (Å²) in [7, 11) is 0. The van der Waals surface area contributed by atoms with Crippen LogP contribution in [0.4, 0.5) is 17.6 Å². The Bertz CT molecular complexity index is 683. The number of nitrogens with two attached hydrogens (primary N) is 1. The standard InChI is InChI=1S/C14H9F4NO2/c15-12-5-4-9(13(19)20)7-11(12)8-2-1-3-10(6-8)21-14(16,17)18/h1-7H,(H2,19,20). The lowest BCUT2D eigenvalue weighted by Gasteiger charge is -2.11. The van der Waals surface area contributed by atoms with Crippen molar-refractivity contribution in [2.75, 3.05) is 0 Å². The summed E-state index contributed by atoms with van der Waals surface area (Å²) in [5.74, 6) is -1.94. The van der Waals surface area contributed by atoms with E-state index in [1.165, 1.54) is 24.3 Å². The van der Waals surface area contributed by atoms with Crippen molar-refractivity contribution in [3.63, 3.8) is 0 Å². The van der Waals surface area contributed by atoms with Crippen LogP contribution in [0, 0.1) is 5.82 Å². The molecular weight excluding hydrogens is 290 g/mol. The van der Waals surface area contributed by atoms with Gasteiger partial charge in [-0.25, -0.2) is 4.39 Å². The Balaban J connectivity index is 2.45. The molecule has 0 saturated heterocycles. The van der Waals surface area contributed by atoms with Crippen LogP contribution in [0.15, 0.2) is 42.5 Å². The second-order valence-electron chi connectivity index (χ2n) is 4.13. The lowest BCUT2D eigenvalue weighted by molar-refractivity contribution is -0.274. The maximum absolute atomic E-state index is 13.8. The van der Waals surface area contributed by atoms with Gasteiger partial charge in [0.15, 0.2) is 0 Å². The van der Waals surface area contributed by atoms with Gasteiger partial charge in [-0.1, -0.05) is 12.1 Å². The van der Waals surface area contributed by atoms with E-state index in [1.54, 1.807) is 0 Å². The molecule has 0 aliphatic heterocycles. The second-order valence-corrected chi connectivity index (χ2v) is 4.13. The van der Waals surface area contributed by atoms with Gasteiger partial charge in [-0.3, -0.25) is 4.79 Å². The summed E-state index contributed by atoms with van der Waals surface area (Å²) in [5.41, 5.74) is 5.23. The van der Waals surface area contributed by atoms with Crippen LogP contribution in [0.2, 0.25) is 0 Å². The molecule has 110 valence electrons. The van der Waals surface area contributed by atoms with Crippen LogP contribution in [0.25, 0.3) is 11.1 Å². The molecule has 0 radical (unpaired) electrons. The van der Waals surface area contributed by atoms with Crippen molar-refractivity contribution in [2.24, 2.45) is 5.73 Å². The first-order valence-electron chi connectivity index (χ1n) is 5.72. The molecule has 7 heteroatoms. The fourth-order valence-electron chi connectivity index (χ4n) is 1.76. The largest absolute Gasteiger partial charge is 0.573 e. The second kappa shape index (κ2) is 5.43. The summed E-state index contributed by atoms with van der Waals surface area (Å²) < 4.78 is 54.0. The van der Waals surface area contributed by atoms with Crippen LogP contribution < -0.4 is 10.5 Å². The summed E-state index contributed by atoms with van der Waals surface area (Å²) in [6.07, 6.45) is -4.84. The first kappa shape index (κ1) is 14.8. The number of benzene rings is 2. The van der Waals surface area contributed by atoms with E-state index in [4.69, 9.17) is 5.73 Å². The first-order chi connectivity index (χ1) is 9.76. The zero-order valence-electron chi connectivity index (χ0n) is 10.4. The molecule has 0 aliphatic carbocycles. The van der Waals surface area contributed by atoms with Gasteiger partial charge in [0.05, 0.1) is 0 Å². The summed E-state index contributed by atoms with van der Waals surface area (Å²) in [6, 6.07) is 8.18. The maximum Gasteiger partial charge on any atom is 0.573 e. The zero-order chi connectivity index (χ0) is 15.6. The van der Waals surface area contributed by atoms with Crippen LogP contribution in [0.1, 0.15) is 10.4 Å². The summed E-state index contributed by atoms with van der Waals surface area (Å²) in [6.45, 7) is 0. The van der Waals surface area contributed by atoms with Crippen molar-refractivity contribution in [1.82, 2.24) is 0 Å². The van der Waals surface area contributed by atoms with E-state index in [2.05, 4.69) is 4.74 Å². The fourth-order valence-corrected chi connectivity index (χ4v) is 1.76. The van der Waals surface area contributed by atoms with Crippen LogP contribution >= 0.6 is 0 Å². The van der Waals surface area contributed by atoms with Crippen molar-refractivity contribution >= 4 is 5.91 Å². The summed E-state index contributed by atoms with van der Waals surface area (Å²) in [4.78, 5) is 11.1. The number of primary amides is 1. The van der Waals surface area contributed by atoms with Gasteiger partial charge in [-0.05, 0) is 35.9 Å². The number of alkyl halides is 3. The molecule has 2 N–H and O–H groups in total. The van der Waals surface area contributed by atoms with Gasteiger partial charge >= 0.3 is 6.36 Å². The molecule has 0 heterocycles. The van der Waals surface area contributed by atoms with Crippen molar-refractivity contribution in [1.29, 1.82) is 0 Å². The molecule has 2 aromatic rings. The molecule has 2 rings (SSSR count). The highest BCUT2D eigenvalue weighted by Crippen LogP contribution is 2.29. The average molecular weight is 299 g/mol. The Morgan fingerprint density at radius 1 is 1.10 bits per heavy atom. The van der Waals surface area contributed by atoms with E-state index in [1.807, 2.05) is 0 Å². The van der Waals surface area contributed by atoms with E-state index < -0.39 is 23.8 Å². The molecule has 2 aromatic carbocycles. The first-order valence-corrected chi connectivity index (χ1v) is 5.72. The molecule has 3 nitrogen and oxygen atoms in total. The molecule has 0 aromatic heterocycles. The van der Waals surface area contributed by atoms with Gasteiger partial charge in [0.2, 0.25) is 5.91 Å². The molecule has 21 heavy (non-hydrogen) atoms. The molecule has 0 bridgehead atoms. The highest BCUT2D eigenvalue weighted by atomic mass is 19.4. The molecule has 1 amide bonds. The molecule has 0 atom stereocenters. The SMILES string of the molecule is NC(=O)c1ccc(F)c(-c2cccc(OC(F)(F)F)c2)c1. The van der Waals surface area contributed by atoms with Crippen LogP contribution in [0.3, 0.4) is 0 Å². The number of hydrogen-bond donors (Lipinski definition) is 1. The van der Waals surface area contributed by atoms with Gasteiger partial charge in [0, 0.05) is 11.1 Å². The monoisotopic (exact) mass is 299 g/mol. The van der Waals surface area contributed by atoms with E-state index in [-0.39, 0.29) is 16.7 Å². The Hall–Kier alpha value is -2.57. The smallest absolute Gasteiger partial charge is 0.406 e. The van der Waals surface area contributed by atoms with E-state index >= 15 is 0 Å². The number of hydrogen-bond acceptors (Lipinski definition) is 2. The Morgan fingerprint density at radius 2 is 1.81 bits per heavy atom. The minimum atomic E-state index is -4.84. The number of carbonyl (C=O) groups is 1. The van der Waals surface area contributed by atoms with E-state index in [9.17, 15) is 22.4 Å². The van der Waals surface area contributed by atoms with Gasteiger partial charge in [-0.2, -0.15) is 0 Å². The van der Waals surface area contributed by atoms with Crippen molar-refractivity contribution in [3.05, 3.63) is 53.8 Å². The zero-order valence-corrected chi connectivity index (χ0v) is 10.4. The molecule has 0 fully saturated rings. The van der Waals surface area contributed by atoms with Gasteiger partial charge < -0.3 is 10.5 Å². The van der Waals surface area contributed by atoms with Crippen LogP contribution in [0.5, 0.6) is 5.75 Å². The Morgan fingerprint density at radius 3 is 2.43 bits per heavy atom. The van der Waals surface area contributed by atoms with Crippen molar-refractivity contribution in [2.45, 2.75) is 6.36 Å². The summed E-state index contributed by atoms with van der Waals surface area (Å²) >= 11 is 0. The van der Waals surface area contributed by atoms with Crippen LogP contribution in [-0.2, 0) is 0 Å². The highest BCUT2D eigenvalue weighted by molar-refractivity contribution is 5.94. The number of amides is 1. The molecule has 0 saturated carbocycles. The number of rotatable bonds is 3. The molecule has 0 spiro atoms. The van der Waals surface area contributed by atoms with E-state index in [0.29, 0.717) is 0 Å². The lowest BCUT2D eigenvalue weighted by Crippen LogP contribution is -2.17. The summed E-state index contributed by atoms with van der Waals surface area (Å²) in [5, 5.41) is 0. The van der Waals surface area contributed by atoms with Gasteiger partial charge in [-0.15, -0.1) is 13.2 Å². The number of ether oxygens (including phenoxy) is 1. The van der Waals surface area contributed by atoms with Crippen molar-refractivity contribution in [3.8, 4) is 16.9 Å². The van der Waals surface area contributed by atoms with Gasteiger partial charge in [0.25, 0.3) is 0 Å². The maximum atomic E-state index is 13.8. The van der Waals surface area contributed by atoms with Crippen molar-refractivity contribution < 1.29 is 27.1 Å². The van der Waals surface area contributed by atoms with E-state index in [0.717, 1.165) is 18.2 Å². The predicted molar refractivity (Wildman–Crippen MR) is 67.0 cm³/mol. The third-order valence-corrected chi connectivity index (χ3v) is 2.63. The molecular formula is C14H9F4NO2. The average Bonchev–Trinajstić information content (AvgIpc) is 2.37. The minimum Gasteiger partial charge on any atom is -0.406 e. The number of halogens is 4. The fraction of sp³-hybridized carbons (Fsp3) is 0.0714. The minimum absolute atomic E-state index is 0.0427. The normalized spacial score (nSPS) is 11.2. The Kier molecular flexibility index (Phi) is 3.84. The Labute approximate surface area is 116 Å². The van der Waals surface area contributed by atoms with Gasteiger partial charge in [0.1, 0.15) is 11.6 Å². The molecule has 0 aliphatic rings. The lowest BCUT2D eigenvalue weighted by atomic mass is 10.0. The van der Waals surface area contributed by atoms with Crippen LogP contribution in [-0.4, -0.2) is 12.3 Å². The molecule has 0 unspecified atom stereocenters.